The predicted octanol–water partition coefficient (Wildman–Crippen LogP) is 5.54. The summed E-state index contributed by atoms with van der Waals surface area (Å²) in [6.45, 7) is 0. The van der Waals surface area contributed by atoms with Crippen molar-refractivity contribution in [2.24, 2.45) is 0 Å². The van der Waals surface area contributed by atoms with Crippen molar-refractivity contribution in [3.8, 4) is 11.5 Å². The first-order chi connectivity index (χ1) is 14.4. The maximum atomic E-state index is 13.3. The van der Waals surface area contributed by atoms with Gasteiger partial charge in [0, 0.05) is 35.6 Å². The smallest absolute Gasteiger partial charge is 0.232 e. The molecule has 1 aliphatic carbocycles. The van der Waals surface area contributed by atoms with E-state index in [0.717, 1.165) is 11.3 Å². The van der Waals surface area contributed by atoms with E-state index in [4.69, 9.17) is 32.7 Å². The van der Waals surface area contributed by atoms with Crippen LogP contribution in [0.4, 0.5) is 5.69 Å². The molecule has 0 fully saturated rings. The first-order valence-electron chi connectivity index (χ1n) is 9.70. The Morgan fingerprint density at radius 3 is 2.47 bits per heavy atom. The predicted molar refractivity (Wildman–Crippen MR) is 117 cm³/mol. The van der Waals surface area contributed by atoms with E-state index in [0.29, 0.717) is 52.1 Å². The standard InChI is InChI=1S/C23H21Cl2NO4/c1-29-14-7-9-21(30-2)15(11-14)16-12-22(28)26(13-6-8-17(24)18(25)10-13)19-4-3-5-20(27)23(16)19/h6-11,16H,3-5,12H2,1-2H3. The Morgan fingerprint density at radius 1 is 0.967 bits per heavy atom. The van der Waals surface area contributed by atoms with Gasteiger partial charge in [0.15, 0.2) is 5.78 Å². The van der Waals surface area contributed by atoms with Crippen LogP contribution in [-0.4, -0.2) is 25.9 Å². The Bertz CT molecular complexity index is 1060. The summed E-state index contributed by atoms with van der Waals surface area (Å²) in [7, 11) is 3.16. The summed E-state index contributed by atoms with van der Waals surface area (Å²) in [6.07, 6.45) is 1.94. The number of methoxy groups -OCH3 is 2. The van der Waals surface area contributed by atoms with Crippen molar-refractivity contribution >= 4 is 40.6 Å². The van der Waals surface area contributed by atoms with Crippen molar-refractivity contribution in [2.75, 3.05) is 19.1 Å². The Labute approximate surface area is 185 Å². The number of benzene rings is 2. The summed E-state index contributed by atoms with van der Waals surface area (Å²) in [6, 6.07) is 10.5. The van der Waals surface area contributed by atoms with Crippen LogP contribution in [0.25, 0.3) is 0 Å². The zero-order valence-corrected chi connectivity index (χ0v) is 18.2. The van der Waals surface area contributed by atoms with Gasteiger partial charge in [-0.2, -0.15) is 0 Å². The maximum absolute atomic E-state index is 13.3. The van der Waals surface area contributed by atoms with Crippen molar-refractivity contribution in [1.29, 1.82) is 0 Å². The fourth-order valence-electron chi connectivity index (χ4n) is 4.29. The number of ether oxygens (including phenoxy) is 2. The fourth-order valence-corrected chi connectivity index (χ4v) is 4.59. The van der Waals surface area contributed by atoms with Crippen molar-refractivity contribution in [2.45, 2.75) is 31.6 Å². The quantitative estimate of drug-likeness (QED) is 0.619. The van der Waals surface area contributed by atoms with Crippen LogP contribution in [0.3, 0.4) is 0 Å². The van der Waals surface area contributed by atoms with Crippen LogP contribution < -0.4 is 14.4 Å². The third-order valence-electron chi connectivity index (χ3n) is 5.65. The maximum Gasteiger partial charge on any atom is 0.232 e. The van der Waals surface area contributed by atoms with E-state index in [1.165, 1.54) is 0 Å². The molecule has 4 rings (SSSR count). The van der Waals surface area contributed by atoms with Crippen molar-refractivity contribution in [1.82, 2.24) is 0 Å². The SMILES string of the molecule is COc1ccc(OC)c(C2CC(=O)N(c3ccc(Cl)c(Cl)c3)C3=C2C(=O)CCC3)c1. The van der Waals surface area contributed by atoms with E-state index >= 15 is 0 Å². The van der Waals surface area contributed by atoms with Gasteiger partial charge in [-0.05, 0) is 49.2 Å². The van der Waals surface area contributed by atoms with E-state index in [1.54, 1.807) is 49.5 Å². The molecule has 30 heavy (non-hydrogen) atoms. The molecule has 156 valence electrons. The van der Waals surface area contributed by atoms with Crippen LogP contribution in [0.15, 0.2) is 47.7 Å². The molecule has 0 N–H and O–H groups in total. The number of nitrogens with zero attached hydrogens (tertiary/aromatic N) is 1. The fraction of sp³-hybridized carbons (Fsp3) is 0.304. The van der Waals surface area contributed by atoms with Crippen molar-refractivity contribution < 1.29 is 19.1 Å². The van der Waals surface area contributed by atoms with Gasteiger partial charge in [-0.25, -0.2) is 0 Å². The van der Waals surface area contributed by atoms with Gasteiger partial charge in [0.05, 0.1) is 30.0 Å². The van der Waals surface area contributed by atoms with Crippen LogP contribution in [0.1, 0.15) is 37.2 Å². The summed E-state index contributed by atoms with van der Waals surface area (Å²) < 4.78 is 10.9. The lowest BCUT2D eigenvalue weighted by atomic mass is 9.76. The van der Waals surface area contributed by atoms with E-state index in [1.807, 2.05) is 6.07 Å². The van der Waals surface area contributed by atoms with Crippen LogP contribution in [0, 0.1) is 0 Å². The molecule has 1 aliphatic heterocycles. The minimum absolute atomic E-state index is 0.0590. The molecule has 2 aliphatic rings. The minimum Gasteiger partial charge on any atom is -0.497 e. The van der Waals surface area contributed by atoms with Gasteiger partial charge in [0.1, 0.15) is 11.5 Å². The Balaban J connectivity index is 1.89. The first kappa shape index (κ1) is 20.8. The largest absolute Gasteiger partial charge is 0.497 e. The third kappa shape index (κ3) is 3.57. The molecule has 1 atom stereocenters. The summed E-state index contributed by atoms with van der Waals surface area (Å²) in [5.41, 5.74) is 2.80. The van der Waals surface area contributed by atoms with E-state index in [9.17, 15) is 9.59 Å². The summed E-state index contributed by atoms with van der Waals surface area (Å²) in [5, 5.41) is 0.778. The summed E-state index contributed by atoms with van der Waals surface area (Å²) in [5.74, 6) is 0.849. The van der Waals surface area contributed by atoms with Gasteiger partial charge in [-0.15, -0.1) is 0 Å². The van der Waals surface area contributed by atoms with Gasteiger partial charge in [-0.1, -0.05) is 23.2 Å². The number of anilines is 1. The highest BCUT2D eigenvalue weighted by Crippen LogP contribution is 2.46. The normalized spacial score (nSPS) is 19.1. The number of hydrogen-bond acceptors (Lipinski definition) is 4. The summed E-state index contributed by atoms with van der Waals surface area (Å²) >= 11 is 12.3. The number of hydrogen-bond donors (Lipinski definition) is 0. The molecular weight excluding hydrogens is 425 g/mol. The molecular formula is C23H21Cl2NO4. The molecule has 1 heterocycles. The number of allylic oxidation sites excluding steroid dienone is 2. The molecule has 0 aromatic heterocycles. The lowest BCUT2D eigenvalue weighted by molar-refractivity contribution is -0.119. The number of amides is 1. The molecule has 2 aromatic rings. The van der Waals surface area contributed by atoms with Crippen LogP contribution in [0.2, 0.25) is 10.0 Å². The van der Waals surface area contributed by atoms with Crippen LogP contribution in [-0.2, 0) is 9.59 Å². The van der Waals surface area contributed by atoms with E-state index < -0.39 is 0 Å². The number of carbonyl (C=O) groups excluding carboxylic acids is 2. The van der Waals surface area contributed by atoms with Crippen molar-refractivity contribution in [3.05, 3.63) is 63.3 Å². The molecule has 7 heteroatoms. The van der Waals surface area contributed by atoms with Crippen LogP contribution in [0.5, 0.6) is 11.5 Å². The number of rotatable bonds is 4. The molecule has 0 bridgehead atoms. The Hall–Kier alpha value is -2.50. The van der Waals surface area contributed by atoms with Gasteiger partial charge >= 0.3 is 0 Å². The molecule has 0 saturated heterocycles. The minimum atomic E-state index is -0.385. The Morgan fingerprint density at radius 2 is 1.77 bits per heavy atom. The van der Waals surface area contributed by atoms with E-state index in [2.05, 4.69) is 0 Å². The Kier molecular flexibility index (Phi) is 5.76. The second-order valence-corrected chi connectivity index (χ2v) is 8.14. The zero-order chi connectivity index (χ0) is 21.4. The highest BCUT2D eigenvalue weighted by Gasteiger charge is 2.40. The molecule has 1 amide bonds. The average Bonchev–Trinajstić information content (AvgIpc) is 2.75. The first-order valence-corrected chi connectivity index (χ1v) is 10.5. The average molecular weight is 446 g/mol. The number of Topliss-reactive ketones (excluding diaryl/α,β-unsaturated/α-hetero) is 1. The zero-order valence-electron chi connectivity index (χ0n) is 16.7. The topological polar surface area (TPSA) is 55.8 Å². The highest BCUT2D eigenvalue weighted by molar-refractivity contribution is 6.42. The lowest BCUT2D eigenvalue weighted by Crippen LogP contribution is -2.40. The van der Waals surface area contributed by atoms with Crippen molar-refractivity contribution in [3.63, 3.8) is 0 Å². The van der Waals surface area contributed by atoms with Gasteiger partial charge in [-0.3, -0.25) is 14.5 Å². The molecule has 0 spiro atoms. The monoisotopic (exact) mass is 445 g/mol. The highest BCUT2D eigenvalue weighted by atomic mass is 35.5. The number of carbonyl (C=O) groups is 2. The molecule has 0 saturated carbocycles. The lowest BCUT2D eigenvalue weighted by Gasteiger charge is -2.38. The number of halogens is 2. The second-order valence-electron chi connectivity index (χ2n) is 7.33. The second kappa shape index (κ2) is 8.32. The molecule has 2 aromatic carbocycles. The van der Waals surface area contributed by atoms with Gasteiger partial charge in [0.25, 0.3) is 0 Å². The molecule has 1 unspecified atom stereocenters. The van der Waals surface area contributed by atoms with E-state index in [-0.39, 0.29) is 24.0 Å². The third-order valence-corrected chi connectivity index (χ3v) is 6.39. The van der Waals surface area contributed by atoms with Gasteiger partial charge < -0.3 is 9.47 Å². The summed E-state index contributed by atoms with van der Waals surface area (Å²) in [4.78, 5) is 28.0. The number of ketones is 1. The van der Waals surface area contributed by atoms with Gasteiger partial charge in [0.2, 0.25) is 5.91 Å². The molecule has 5 nitrogen and oxygen atoms in total. The van der Waals surface area contributed by atoms with Crippen LogP contribution >= 0.6 is 23.2 Å². The molecule has 0 radical (unpaired) electrons.